The van der Waals surface area contributed by atoms with Crippen molar-refractivity contribution < 1.29 is 33.5 Å². The zero-order valence-corrected chi connectivity index (χ0v) is 22.9. The lowest BCUT2D eigenvalue weighted by Gasteiger charge is -2.36. The van der Waals surface area contributed by atoms with Gasteiger partial charge in [-0.15, -0.1) is 0 Å². The molecule has 0 spiro atoms. The lowest BCUT2D eigenvalue weighted by molar-refractivity contribution is -0.150. The second-order valence-corrected chi connectivity index (χ2v) is 11.1. The maximum absolute atomic E-state index is 13.0. The van der Waals surface area contributed by atoms with Gasteiger partial charge in [-0.25, -0.2) is 4.79 Å². The maximum Gasteiger partial charge on any atom is 0.330 e. The highest BCUT2D eigenvalue weighted by Gasteiger charge is 2.43. The topological polar surface area (TPSA) is 172 Å². The first-order valence-corrected chi connectivity index (χ1v) is 11.1. The Balaban J connectivity index is 5.42. The van der Waals surface area contributed by atoms with Crippen LogP contribution in [0.15, 0.2) is 0 Å². The van der Waals surface area contributed by atoms with Crippen LogP contribution >= 0.6 is 0 Å². The Bertz CT molecular complexity index is 889. The van der Waals surface area contributed by atoms with Gasteiger partial charge < -0.3 is 31.3 Å². The Morgan fingerprint density at radius 2 is 0.686 bits per heavy atom. The molecule has 0 fully saturated rings. The molecule has 0 unspecified atom stereocenters. The van der Waals surface area contributed by atoms with Gasteiger partial charge in [0.15, 0.2) is 0 Å². The molecule has 0 aromatic rings. The largest absolute Gasteiger partial charge is 0.467 e. The summed E-state index contributed by atoms with van der Waals surface area (Å²) >= 11 is 0. The molecule has 0 aromatic heterocycles. The Morgan fingerprint density at radius 1 is 0.457 bits per heavy atom. The van der Waals surface area contributed by atoms with Crippen LogP contribution in [0.4, 0.5) is 0 Å². The van der Waals surface area contributed by atoms with Crippen molar-refractivity contribution in [2.24, 2.45) is 0 Å². The van der Waals surface area contributed by atoms with Gasteiger partial charge in [-0.05, 0) is 69.2 Å². The molecule has 0 heterocycles. The van der Waals surface area contributed by atoms with Crippen LogP contribution < -0.4 is 26.6 Å². The Morgan fingerprint density at radius 3 is 0.914 bits per heavy atom. The molecule has 5 amide bonds. The van der Waals surface area contributed by atoms with Crippen molar-refractivity contribution >= 4 is 35.5 Å². The molecule has 0 aliphatic carbocycles. The van der Waals surface area contributed by atoms with Crippen LogP contribution in [0.5, 0.6) is 0 Å². The SMILES string of the molecule is COC(=O)C(C)(C)NC(=O)C(C)(C)NC(=O)C(C)(C)NC(=O)C(C)(C)NC(=O)C(C)(C)NC(C)=O. The van der Waals surface area contributed by atoms with E-state index in [1.54, 1.807) is 0 Å². The molecule has 0 aliphatic heterocycles. The number of amides is 5. The van der Waals surface area contributed by atoms with Crippen molar-refractivity contribution in [1.29, 1.82) is 0 Å². The quantitative estimate of drug-likeness (QED) is 0.256. The van der Waals surface area contributed by atoms with E-state index in [1.807, 2.05) is 0 Å². The molecule has 12 heteroatoms. The van der Waals surface area contributed by atoms with E-state index in [0.29, 0.717) is 0 Å². The number of ether oxygens (including phenoxy) is 1. The number of rotatable bonds is 10. The second-order valence-electron chi connectivity index (χ2n) is 11.1. The lowest BCUT2D eigenvalue weighted by Crippen LogP contribution is -2.68. The van der Waals surface area contributed by atoms with Crippen molar-refractivity contribution in [1.82, 2.24) is 26.6 Å². The summed E-state index contributed by atoms with van der Waals surface area (Å²) in [6.07, 6.45) is 0. The van der Waals surface area contributed by atoms with Gasteiger partial charge in [0.1, 0.15) is 27.7 Å². The van der Waals surface area contributed by atoms with Crippen molar-refractivity contribution in [3.05, 3.63) is 0 Å². The molecule has 0 saturated carbocycles. The van der Waals surface area contributed by atoms with E-state index in [-0.39, 0.29) is 0 Å². The van der Waals surface area contributed by atoms with Gasteiger partial charge in [-0.2, -0.15) is 0 Å². The highest BCUT2D eigenvalue weighted by Crippen LogP contribution is 2.14. The molecular weight excluding hydrogens is 458 g/mol. The minimum atomic E-state index is -1.48. The van der Waals surface area contributed by atoms with Crippen LogP contribution in [0.2, 0.25) is 0 Å². The molecule has 0 aliphatic rings. The fraction of sp³-hybridized carbons (Fsp3) is 0.739. The van der Waals surface area contributed by atoms with E-state index >= 15 is 0 Å². The molecular formula is C23H41N5O7. The summed E-state index contributed by atoms with van der Waals surface area (Å²) in [7, 11) is 1.19. The minimum Gasteiger partial charge on any atom is -0.467 e. The molecule has 0 aromatic carbocycles. The fourth-order valence-corrected chi connectivity index (χ4v) is 2.73. The Labute approximate surface area is 207 Å². The first kappa shape index (κ1) is 31.8. The van der Waals surface area contributed by atoms with Crippen LogP contribution in [0, 0.1) is 0 Å². The van der Waals surface area contributed by atoms with Crippen LogP contribution in [-0.4, -0.2) is 70.3 Å². The van der Waals surface area contributed by atoms with E-state index < -0.39 is 63.2 Å². The first-order chi connectivity index (χ1) is 15.4. The van der Waals surface area contributed by atoms with Crippen LogP contribution in [-0.2, 0) is 33.5 Å². The van der Waals surface area contributed by atoms with E-state index in [1.165, 1.54) is 83.3 Å². The summed E-state index contributed by atoms with van der Waals surface area (Å²) in [5.74, 6) is -3.66. The summed E-state index contributed by atoms with van der Waals surface area (Å²) in [6.45, 7) is 15.8. The highest BCUT2D eigenvalue weighted by molar-refractivity contribution is 6.00. The zero-order valence-electron chi connectivity index (χ0n) is 22.9. The molecule has 0 bridgehead atoms. The van der Waals surface area contributed by atoms with E-state index in [0.717, 1.165) is 0 Å². The number of carbonyl (C=O) groups excluding carboxylic acids is 6. The predicted octanol–water partition coefficient (Wildman–Crippen LogP) is -0.347. The van der Waals surface area contributed by atoms with Crippen molar-refractivity contribution in [3.63, 3.8) is 0 Å². The number of hydrogen-bond donors (Lipinski definition) is 5. The summed E-state index contributed by atoms with van der Waals surface area (Å²) in [5, 5.41) is 12.7. The van der Waals surface area contributed by atoms with Crippen LogP contribution in [0.1, 0.15) is 76.2 Å². The lowest BCUT2D eigenvalue weighted by atomic mass is 9.94. The second kappa shape index (κ2) is 10.6. The van der Waals surface area contributed by atoms with Crippen LogP contribution in [0.25, 0.3) is 0 Å². The average molecular weight is 500 g/mol. The predicted molar refractivity (Wildman–Crippen MR) is 129 cm³/mol. The molecule has 0 atom stereocenters. The number of esters is 1. The van der Waals surface area contributed by atoms with Gasteiger partial charge >= 0.3 is 5.97 Å². The monoisotopic (exact) mass is 499 g/mol. The van der Waals surface area contributed by atoms with Crippen molar-refractivity contribution in [3.8, 4) is 0 Å². The highest BCUT2D eigenvalue weighted by atomic mass is 16.5. The van der Waals surface area contributed by atoms with Gasteiger partial charge in [-0.3, -0.25) is 24.0 Å². The molecule has 5 N–H and O–H groups in total. The van der Waals surface area contributed by atoms with Gasteiger partial charge in [0.05, 0.1) is 7.11 Å². The standard InChI is InChI=1S/C23H41N5O7/c1-13(29)24-19(2,3)14(30)25-20(4,5)15(31)26-21(6,7)16(32)27-22(8,9)17(33)28-23(10,11)18(34)35-12/h1-12H3,(H,24,29)(H,25,30)(H,26,31)(H,27,32)(H,28,33). The van der Waals surface area contributed by atoms with E-state index in [4.69, 9.17) is 0 Å². The number of methoxy groups -OCH3 is 1. The van der Waals surface area contributed by atoms with Gasteiger partial charge in [-0.1, -0.05) is 0 Å². The third kappa shape index (κ3) is 8.84. The van der Waals surface area contributed by atoms with Crippen molar-refractivity contribution in [2.75, 3.05) is 7.11 Å². The smallest absolute Gasteiger partial charge is 0.330 e. The average Bonchev–Trinajstić information content (AvgIpc) is 2.64. The van der Waals surface area contributed by atoms with Gasteiger partial charge in [0.2, 0.25) is 29.5 Å². The van der Waals surface area contributed by atoms with Crippen molar-refractivity contribution in [2.45, 2.75) is 104 Å². The van der Waals surface area contributed by atoms with Crippen LogP contribution in [0.3, 0.4) is 0 Å². The van der Waals surface area contributed by atoms with Gasteiger partial charge in [0, 0.05) is 6.92 Å². The Kier molecular flexibility index (Phi) is 9.65. The summed E-state index contributed by atoms with van der Waals surface area (Å²) in [5.41, 5.74) is -6.98. The molecule has 35 heavy (non-hydrogen) atoms. The first-order valence-electron chi connectivity index (χ1n) is 11.1. The molecule has 0 saturated heterocycles. The van der Waals surface area contributed by atoms with E-state index in [2.05, 4.69) is 31.3 Å². The molecule has 200 valence electrons. The molecule has 0 rings (SSSR count). The molecule has 12 nitrogen and oxygen atoms in total. The number of hydrogen-bond acceptors (Lipinski definition) is 7. The number of nitrogens with one attached hydrogen (secondary N) is 5. The number of carbonyl (C=O) groups is 6. The summed E-state index contributed by atoms with van der Waals surface area (Å²) < 4.78 is 4.67. The minimum absolute atomic E-state index is 0.410. The van der Waals surface area contributed by atoms with E-state index in [9.17, 15) is 28.8 Å². The zero-order chi connectivity index (χ0) is 28.2. The molecule has 0 radical (unpaired) electrons. The maximum atomic E-state index is 13.0. The fourth-order valence-electron chi connectivity index (χ4n) is 2.73. The summed E-state index contributed by atoms with van der Waals surface area (Å²) in [6, 6.07) is 0. The third-order valence-electron chi connectivity index (χ3n) is 5.16. The normalized spacial score (nSPS) is 12.7. The van der Waals surface area contributed by atoms with Gasteiger partial charge in [0.25, 0.3) is 0 Å². The Hall–Kier alpha value is -3.18. The third-order valence-corrected chi connectivity index (χ3v) is 5.16. The summed E-state index contributed by atoms with van der Waals surface area (Å²) in [4.78, 5) is 74.5.